The molecule has 3 aromatic rings. The molecule has 132 valence electrons. The largest absolute Gasteiger partial charge is 0.508 e. The van der Waals surface area contributed by atoms with Gasteiger partial charge in [-0.2, -0.15) is 0 Å². The highest BCUT2D eigenvalue weighted by Gasteiger charge is 2.37. The second kappa shape index (κ2) is 6.84. The van der Waals surface area contributed by atoms with Crippen LogP contribution >= 0.6 is 11.8 Å². The van der Waals surface area contributed by atoms with Crippen LogP contribution < -0.4 is 15.6 Å². The number of benzene rings is 2. The Balaban J connectivity index is 1.90. The van der Waals surface area contributed by atoms with Crippen molar-refractivity contribution >= 4 is 17.4 Å². The van der Waals surface area contributed by atoms with Crippen molar-refractivity contribution in [3.05, 3.63) is 64.4 Å². The molecule has 2 heterocycles. The van der Waals surface area contributed by atoms with E-state index in [0.29, 0.717) is 10.9 Å². The maximum atomic E-state index is 12.8. The summed E-state index contributed by atoms with van der Waals surface area (Å²) in [5.41, 5.74) is 2.98. The Morgan fingerprint density at radius 2 is 1.96 bits per heavy atom. The van der Waals surface area contributed by atoms with Crippen LogP contribution in [0.25, 0.3) is 11.3 Å². The number of phenols is 1. The van der Waals surface area contributed by atoms with Crippen LogP contribution in [0.4, 0.5) is 5.69 Å². The van der Waals surface area contributed by atoms with Crippen LogP contribution in [0.1, 0.15) is 25.1 Å². The molecule has 1 atom stereocenters. The van der Waals surface area contributed by atoms with Gasteiger partial charge in [0, 0.05) is 16.4 Å². The molecule has 1 aliphatic rings. The molecule has 0 spiro atoms. The van der Waals surface area contributed by atoms with Crippen molar-refractivity contribution in [3.8, 4) is 17.0 Å². The van der Waals surface area contributed by atoms with E-state index in [9.17, 15) is 9.90 Å². The maximum Gasteiger partial charge on any atom is 0.325 e. The summed E-state index contributed by atoms with van der Waals surface area (Å²) < 4.78 is 1.74. The number of para-hydroxylation sites is 1. The molecule has 3 N–H and O–H groups in total. The Kier molecular flexibility index (Phi) is 4.38. The number of aromatic amines is 1. The SMILES string of the molecule is CCCSc1n[n+]2c(c(=O)[nH]1)-c1ccccc1N[C@H]2c1ccc(O)cc1. The van der Waals surface area contributed by atoms with Crippen LogP contribution in [0.2, 0.25) is 0 Å². The van der Waals surface area contributed by atoms with Crippen LogP contribution in [0.15, 0.2) is 58.5 Å². The van der Waals surface area contributed by atoms with Gasteiger partial charge in [0.1, 0.15) is 5.75 Å². The fourth-order valence-electron chi connectivity index (χ4n) is 3.03. The summed E-state index contributed by atoms with van der Waals surface area (Å²) in [5, 5.41) is 18.3. The maximum absolute atomic E-state index is 12.8. The lowest BCUT2D eigenvalue weighted by Gasteiger charge is -2.22. The number of nitrogens with zero attached hydrogens (tertiary/aromatic N) is 2. The number of thioether (sulfide) groups is 1. The minimum absolute atomic E-state index is 0.156. The van der Waals surface area contributed by atoms with Crippen molar-refractivity contribution in [2.24, 2.45) is 0 Å². The zero-order valence-electron chi connectivity index (χ0n) is 14.3. The summed E-state index contributed by atoms with van der Waals surface area (Å²) >= 11 is 1.53. The number of aromatic hydroxyl groups is 1. The van der Waals surface area contributed by atoms with Crippen molar-refractivity contribution < 1.29 is 9.79 Å². The molecule has 0 saturated carbocycles. The molecule has 2 aromatic carbocycles. The summed E-state index contributed by atoms with van der Waals surface area (Å²) in [6, 6.07) is 14.6. The number of H-pyrrole nitrogens is 1. The molecule has 0 aliphatic carbocycles. The molecular formula is C19H19N4O2S+. The van der Waals surface area contributed by atoms with Gasteiger partial charge in [-0.1, -0.05) is 30.8 Å². The van der Waals surface area contributed by atoms with E-state index in [0.717, 1.165) is 29.0 Å². The molecule has 0 bridgehead atoms. The first-order valence-electron chi connectivity index (χ1n) is 8.51. The lowest BCUT2D eigenvalue weighted by molar-refractivity contribution is -0.759. The Morgan fingerprint density at radius 3 is 2.73 bits per heavy atom. The number of fused-ring (bicyclic) bond motifs is 3. The van der Waals surface area contributed by atoms with E-state index >= 15 is 0 Å². The van der Waals surface area contributed by atoms with Crippen molar-refractivity contribution in [3.63, 3.8) is 0 Å². The second-order valence-electron chi connectivity index (χ2n) is 6.08. The predicted octanol–water partition coefficient (Wildman–Crippen LogP) is 2.90. The smallest absolute Gasteiger partial charge is 0.325 e. The molecule has 0 unspecified atom stereocenters. The first-order chi connectivity index (χ1) is 12.7. The second-order valence-corrected chi connectivity index (χ2v) is 7.17. The highest BCUT2D eigenvalue weighted by molar-refractivity contribution is 7.99. The van der Waals surface area contributed by atoms with E-state index in [-0.39, 0.29) is 17.5 Å². The van der Waals surface area contributed by atoms with Crippen molar-refractivity contribution in [1.82, 2.24) is 10.1 Å². The number of hydrogen-bond acceptors (Lipinski definition) is 5. The summed E-state index contributed by atoms with van der Waals surface area (Å²) in [4.78, 5) is 15.7. The van der Waals surface area contributed by atoms with E-state index in [1.165, 1.54) is 11.8 Å². The molecule has 4 rings (SSSR count). The molecule has 1 aromatic heterocycles. The number of hydrogen-bond donors (Lipinski definition) is 3. The normalized spacial score (nSPS) is 15.0. The molecule has 1 aliphatic heterocycles. The number of nitrogens with one attached hydrogen (secondary N) is 2. The van der Waals surface area contributed by atoms with Crippen LogP contribution in [-0.2, 0) is 0 Å². The lowest BCUT2D eigenvalue weighted by Crippen LogP contribution is -2.55. The van der Waals surface area contributed by atoms with Crippen LogP contribution in [0.3, 0.4) is 0 Å². The number of phenolic OH excluding ortho intramolecular Hbond substituents is 1. The molecule has 7 heteroatoms. The molecule has 6 nitrogen and oxygen atoms in total. The van der Waals surface area contributed by atoms with E-state index in [2.05, 4.69) is 22.3 Å². The fourth-order valence-corrected chi connectivity index (χ4v) is 3.74. The molecule has 0 saturated heterocycles. The minimum Gasteiger partial charge on any atom is -0.508 e. The zero-order valence-corrected chi connectivity index (χ0v) is 15.1. The quantitative estimate of drug-likeness (QED) is 0.488. The van der Waals surface area contributed by atoms with Gasteiger partial charge < -0.3 is 10.4 Å². The van der Waals surface area contributed by atoms with Gasteiger partial charge in [0.15, 0.2) is 0 Å². The highest BCUT2D eigenvalue weighted by Crippen LogP contribution is 2.31. The standard InChI is InChI=1S/C19H18N4O2S/c1-2-11-26-19-21-18(25)16-14-5-3-4-6-15(14)20-17(23(16)22-19)12-7-9-13(24)10-8-12/h3-10,17H,2,11H2,1H3,(H2,21,22,24,25)/p+1/t17-/m1/s1. The van der Waals surface area contributed by atoms with Gasteiger partial charge in [0.25, 0.3) is 6.17 Å². The monoisotopic (exact) mass is 367 g/mol. The van der Waals surface area contributed by atoms with E-state index in [4.69, 9.17) is 0 Å². The summed E-state index contributed by atoms with van der Waals surface area (Å²) in [5.74, 6) is 1.09. The topological polar surface area (TPSA) is 81.9 Å². The van der Waals surface area contributed by atoms with Gasteiger partial charge in [-0.05, 0) is 47.5 Å². The van der Waals surface area contributed by atoms with Gasteiger partial charge in [0.2, 0.25) is 5.16 Å². The average molecular weight is 367 g/mol. The number of rotatable bonds is 4. The number of aromatic nitrogens is 3. The Bertz CT molecular complexity index is 1000. The summed E-state index contributed by atoms with van der Waals surface area (Å²) in [7, 11) is 0. The first kappa shape index (κ1) is 16.7. The summed E-state index contributed by atoms with van der Waals surface area (Å²) in [6.45, 7) is 2.09. The van der Waals surface area contributed by atoms with Crippen molar-refractivity contribution in [2.75, 3.05) is 11.1 Å². The molecule has 26 heavy (non-hydrogen) atoms. The van der Waals surface area contributed by atoms with Gasteiger partial charge in [-0.3, -0.25) is 9.78 Å². The van der Waals surface area contributed by atoms with Gasteiger partial charge in [0.05, 0.1) is 11.3 Å². The number of anilines is 1. The third-order valence-electron chi connectivity index (χ3n) is 4.23. The van der Waals surface area contributed by atoms with Gasteiger partial charge in [-0.15, -0.1) is 0 Å². The van der Waals surface area contributed by atoms with Crippen LogP contribution in [-0.4, -0.2) is 20.9 Å². The lowest BCUT2D eigenvalue weighted by atomic mass is 10.0. The van der Waals surface area contributed by atoms with Crippen LogP contribution in [0, 0.1) is 0 Å². The van der Waals surface area contributed by atoms with E-state index in [1.807, 2.05) is 36.4 Å². The molecular weight excluding hydrogens is 348 g/mol. The van der Waals surface area contributed by atoms with E-state index in [1.54, 1.807) is 16.8 Å². The van der Waals surface area contributed by atoms with Gasteiger partial charge in [-0.25, -0.2) is 0 Å². The summed E-state index contributed by atoms with van der Waals surface area (Å²) in [6.07, 6.45) is 0.669. The molecule has 0 amide bonds. The average Bonchev–Trinajstić information content (AvgIpc) is 2.66. The Hall–Kier alpha value is -2.80. The third kappa shape index (κ3) is 2.94. The zero-order chi connectivity index (χ0) is 18.1. The molecule has 0 fully saturated rings. The predicted molar refractivity (Wildman–Crippen MR) is 101 cm³/mol. The first-order valence-corrected chi connectivity index (χ1v) is 9.49. The van der Waals surface area contributed by atoms with Gasteiger partial charge >= 0.3 is 11.3 Å². The van der Waals surface area contributed by atoms with E-state index < -0.39 is 0 Å². The minimum atomic E-state index is -0.330. The fraction of sp³-hybridized carbons (Fsp3) is 0.211. The molecule has 0 radical (unpaired) electrons. The van der Waals surface area contributed by atoms with Crippen molar-refractivity contribution in [2.45, 2.75) is 24.7 Å². The van der Waals surface area contributed by atoms with Crippen LogP contribution in [0.5, 0.6) is 5.75 Å². The highest BCUT2D eigenvalue weighted by atomic mass is 32.2. The Morgan fingerprint density at radius 1 is 1.19 bits per heavy atom. The van der Waals surface area contributed by atoms with Crippen molar-refractivity contribution in [1.29, 1.82) is 0 Å². The Labute approximate surface area is 154 Å². The third-order valence-corrected chi connectivity index (χ3v) is 5.30.